The maximum atomic E-state index is 12.5. The molecule has 0 unspecified atom stereocenters. The van der Waals surface area contributed by atoms with Crippen LogP contribution in [0.1, 0.15) is 37.6 Å². The Balaban J connectivity index is 1.37. The highest BCUT2D eigenvalue weighted by molar-refractivity contribution is 7.92. The van der Waals surface area contributed by atoms with Crippen molar-refractivity contribution in [1.29, 1.82) is 0 Å². The number of carbonyl (C=O) groups excluding carboxylic acids is 1. The molecule has 0 spiro atoms. The van der Waals surface area contributed by atoms with Crippen molar-refractivity contribution < 1.29 is 13.2 Å². The number of hydrogen-bond donors (Lipinski definition) is 2. The van der Waals surface area contributed by atoms with E-state index in [1.165, 1.54) is 19.4 Å². The van der Waals surface area contributed by atoms with Gasteiger partial charge in [0.2, 0.25) is 15.9 Å². The number of benzene rings is 2. The van der Waals surface area contributed by atoms with Crippen molar-refractivity contribution in [2.24, 2.45) is 0 Å². The number of carbonyl (C=O) groups is 1. The molecule has 0 fully saturated rings. The van der Waals surface area contributed by atoms with Crippen molar-refractivity contribution in [3.63, 3.8) is 0 Å². The lowest BCUT2D eigenvalue weighted by atomic mass is 10.2. The molecule has 172 valence electrons. The standard InChI is InChI=1S/C24H27N5O3S/c1-18(28-33(31,32)17-15-19-8-4-2-5-9-19)24(30)25-21-13-11-20(12-14-21)23-27-26-22-10-6-3-7-16-29(22)23/h2,4-5,8-9,11-15,17-18,28H,3,6-7,10,16H2,1H3,(H,25,30)/b17-15+/t18-/m1/s1. The van der Waals surface area contributed by atoms with E-state index in [4.69, 9.17) is 0 Å². The summed E-state index contributed by atoms with van der Waals surface area (Å²) < 4.78 is 29.1. The van der Waals surface area contributed by atoms with Crippen molar-refractivity contribution in [3.8, 4) is 11.4 Å². The minimum Gasteiger partial charge on any atom is -0.325 e. The number of rotatable bonds is 7. The molecule has 0 bridgehead atoms. The van der Waals surface area contributed by atoms with Crippen LogP contribution in [0, 0.1) is 0 Å². The summed E-state index contributed by atoms with van der Waals surface area (Å²) in [6.07, 6.45) is 5.86. The van der Waals surface area contributed by atoms with Crippen LogP contribution in [0.3, 0.4) is 0 Å². The van der Waals surface area contributed by atoms with Gasteiger partial charge in [-0.1, -0.05) is 36.8 Å². The molecular weight excluding hydrogens is 438 g/mol. The average Bonchev–Trinajstić information content (AvgIpc) is 3.06. The summed E-state index contributed by atoms with van der Waals surface area (Å²) in [6, 6.07) is 15.5. The van der Waals surface area contributed by atoms with Gasteiger partial charge in [0.15, 0.2) is 5.82 Å². The van der Waals surface area contributed by atoms with Gasteiger partial charge in [-0.3, -0.25) is 4.79 Å². The molecule has 1 aliphatic rings. The van der Waals surface area contributed by atoms with Crippen LogP contribution in [0.5, 0.6) is 0 Å². The third kappa shape index (κ3) is 5.94. The van der Waals surface area contributed by atoms with E-state index in [1.807, 2.05) is 30.3 Å². The molecule has 1 aliphatic heterocycles. The average molecular weight is 466 g/mol. The predicted octanol–water partition coefficient (Wildman–Crippen LogP) is 3.59. The number of nitrogens with one attached hydrogen (secondary N) is 2. The van der Waals surface area contributed by atoms with Crippen LogP contribution >= 0.6 is 0 Å². The molecule has 2 heterocycles. The molecule has 3 aromatic rings. The van der Waals surface area contributed by atoms with Crippen LogP contribution in [0.25, 0.3) is 17.5 Å². The molecule has 0 radical (unpaired) electrons. The Morgan fingerprint density at radius 3 is 2.55 bits per heavy atom. The Morgan fingerprint density at radius 1 is 1.03 bits per heavy atom. The number of aromatic nitrogens is 3. The fourth-order valence-electron chi connectivity index (χ4n) is 3.72. The normalized spacial score (nSPS) is 15.1. The lowest BCUT2D eigenvalue weighted by Gasteiger charge is -2.13. The smallest absolute Gasteiger partial charge is 0.242 e. The molecule has 8 nitrogen and oxygen atoms in total. The Hall–Kier alpha value is -3.30. The van der Waals surface area contributed by atoms with E-state index < -0.39 is 22.0 Å². The number of amides is 1. The number of nitrogens with zero attached hydrogens (tertiary/aromatic N) is 3. The van der Waals surface area contributed by atoms with Crippen LogP contribution in [0.15, 0.2) is 60.0 Å². The highest BCUT2D eigenvalue weighted by Gasteiger charge is 2.19. The Kier molecular flexibility index (Phi) is 7.00. The quantitative estimate of drug-likeness (QED) is 0.555. The molecule has 0 aliphatic carbocycles. The number of fused-ring (bicyclic) bond motifs is 1. The van der Waals surface area contributed by atoms with Crippen LogP contribution < -0.4 is 10.0 Å². The molecular formula is C24H27N5O3S. The summed E-state index contributed by atoms with van der Waals surface area (Å²) in [5.41, 5.74) is 2.25. The Morgan fingerprint density at radius 2 is 1.79 bits per heavy atom. The van der Waals surface area contributed by atoms with E-state index in [2.05, 4.69) is 24.8 Å². The molecule has 9 heteroatoms. The number of hydrogen-bond acceptors (Lipinski definition) is 5. The summed E-state index contributed by atoms with van der Waals surface area (Å²) in [5.74, 6) is 1.40. The fraction of sp³-hybridized carbons (Fsp3) is 0.292. The zero-order valence-corrected chi connectivity index (χ0v) is 19.3. The van der Waals surface area contributed by atoms with Gasteiger partial charge in [0.05, 0.1) is 6.04 Å². The first-order chi connectivity index (χ1) is 15.9. The summed E-state index contributed by atoms with van der Waals surface area (Å²) >= 11 is 0. The zero-order chi connectivity index (χ0) is 23.3. The van der Waals surface area contributed by atoms with Crippen molar-refractivity contribution >= 4 is 27.7 Å². The highest BCUT2D eigenvalue weighted by Crippen LogP contribution is 2.24. The van der Waals surface area contributed by atoms with Crippen molar-refractivity contribution in [1.82, 2.24) is 19.5 Å². The second kappa shape index (κ2) is 10.1. The van der Waals surface area contributed by atoms with Gasteiger partial charge in [-0.15, -0.1) is 10.2 Å². The zero-order valence-electron chi connectivity index (χ0n) is 18.4. The monoisotopic (exact) mass is 465 g/mol. The van der Waals surface area contributed by atoms with Crippen LogP contribution in [-0.2, 0) is 27.8 Å². The van der Waals surface area contributed by atoms with Gasteiger partial charge in [0.1, 0.15) is 5.82 Å². The van der Waals surface area contributed by atoms with Gasteiger partial charge >= 0.3 is 0 Å². The third-order valence-corrected chi connectivity index (χ3v) is 6.67. The van der Waals surface area contributed by atoms with E-state index in [-0.39, 0.29) is 0 Å². The summed E-state index contributed by atoms with van der Waals surface area (Å²) in [4.78, 5) is 12.5. The molecule has 1 atom stereocenters. The first-order valence-electron chi connectivity index (χ1n) is 11.0. The maximum absolute atomic E-state index is 12.5. The fourth-order valence-corrected chi connectivity index (χ4v) is 4.74. The number of anilines is 1. The lowest BCUT2D eigenvalue weighted by Crippen LogP contribution is -2.40. The molecule has 2 aromatic carbocycles. The summed E-state index contributed by atoms with van der Waals surface area (Å²) in [7, 11) is -3.77. The predicted molar refractivity (Wildman–Crippen MR) is 129 cm³/mol. The summed E-state index contributed by atoms with van der Waals surface area (Å²) in [5, 5.41) is 12.5. The van der Waals surface area contributed by atoms with E-state index in [9.17, 15) is 13.2 Å². The van der Waals surface area contributed by atoms with Gasteiger partial charge in [-0.05, 0) is 55.7 Å². The molecule has 0 saturated carbocycles. The topological polar surface area (TPSA) is 106 Å². The lowest BCUT2D eigenvalue weighted by molar-refractivity contribution is -0.117. The number of aryl methyl sites for hydroxylation is 1. The van der Waals surface area contributed by atoms with Crippen LogP contribution in [0.4, 0.5) is 5.69 Å². The second-order valence-corrected chi connectivity index (χ2v) is 9.66. The van der Waals surface area contributed by atoms with Crippen molar-refractivity contribution in [3.05, 3.63) is 71.4 Å². The Bertz CT molecular complexity index is 1230. The van der Waals surface area contributed by atoms with Gasteiger partial charge in [0, 0.05) is 29.6 Å². The van der Waals surface area contributed by atoms with E-state index >= 15 is 0 Å². The van der Waals surface area contributed by atoms with Crippen LogP contribution in [-0.4, -0.2) is 35.1 Å². The van der Waals surface area contributed by atoms with Gasteiger partial charge in [-0.2, -0.15) is 4.72 Å². The minimum absolute atomic E-state index is 0.448. The van der Waals surface area contributed by atoms with Crippen molar-refractivity contribution in [2.45, 2.75) is 45.2 Å². The summed E-state index contributed by atoms with van der Waals surface area (Å²) in [6.45, 7) is 2.41. The Labute approximate surface area is 193 Å². The van der Waals surface area contributed by atoms with Gasteiger partial charge < -0.3 is 9.88 Å². The number of sulfonamides is 1. The van der Waals surface area contributed by atoms with Crippen LogP contribution in [0.2, 0.25) is 0 Å². The first-order valence-corrected chi connectivity index (χ1v) is 12.5. The minimum atomic E-state index is -3.77. The molecule has 2 N–H and O–H groups in total. The molecule has 0 saturated heterocycles. The second-order valence-electron chi connectivity index (χ2n) is 8.07. The van der Waals surface area contributed by atoms with Gasteiger partial charge in [-0.25, -0.2) is 8.42 Å². The largest absolute Gasteiger partial charge is 0.325 e. The molecule has 4 rings (SSSR count). The third-order valence-electron chi connectivity index (χ3n) is 5.49. The first kappa shape index (κ1) is 22.9. The molecule has 1 aromatic heterocycles. The van der Waals surface area contributed by atoms with Gasteiger partial charge in [0.25, 0.3) is 0 Å². The molecule has 33 heavy (non-hydrogen) atoms. The maximum Gasteiger partial charge on any atom is 0.242 e. The SMILES string of the molecule is C[C@@H](NS(=O)(=O)/C=C/c1ccccc1)C(=O)Nc1ccc(-c2nnc3n2CCCCC3)cc1. The van der Waals surface area contributed by atoms with E-state index in [0.29, 0.717) is 5.69 Å². The van der Waals surface area contributed by atoms with Crippen molar-refractivity contribution in [2.75, 3.05) is 5.32 Å². The van der Waals surface area contributed by atoms with E-state index in [0.717, 1.165) is 54.0 Å². The van der Waals surface area contributed by atoms with E-state index in [1.54, 1.807) is 24.3 Å². The molecule has 1 amide bonds. The highest BCUT2D eigenvalue weighted by atomic mass is 32.2.